The average molecular weight is 587 g/mol. The molecule has 0 fully saturated rings. The van der Waals surface area contributed by atoms with Crippen molar-refractivity contribution < 1.29 is 0 Å². The van der Waals surface area contributed by atoms with Gasteiger partial charge in [0.25, 0.3) is 0 Å². The van der Waals surface area contributed by atoms with Gasteiger partial charge in [0.1, 0.15) is 12.1 Å². The summed E-state index contributed by atoms with van der Waals surface area (Å²) in [6, 6.07) is 51.4. The van der Waals surface area contributed by atoms with Crippen LogP contribution < -0.4 is 0 Å². The molecule has 0 aliphatic carbocycles. The van der Waals surface area contributed by atoms with E-state index in [2.05, 4.69) is 121 Å². The maximum atomic E-state index is 10.2. The van der Waals surface area contributed by atoms with E-state index in [0.29, 0.717) is 0 Å². The largest absolute Gasteiger partial charge is 0.192 e. The SMILES string of the molecule is N#Cc1c2ccccc2c(-c2ccc3c(c2)sc2c(-c4c5ccccc5c(C#N)c5ccccc45)cccc23)c2ccccc12. The summed E-state index contributed by atoms with van der Waals surface area (Å²) in [4.78, 5) is 0. The maximum absolute atomic E-state index is 10.2. The molecule has 0 radical (unpaired) electrons. The standard InChI is InChI=1S/C42H22N2S/c43-23-37-26-10-1-5-14-31(26)40(32-15-6-2-11-27(32)37)25-20-21-30-35-18-9-19-36(42(35)45-39(30)22-25)41-33-16-7-3-12-28(33)38(24-44)29-13-4-8-17-34(29)41/h1-22H. The summed E-state index contributed by atoms with van der Waals surface area (Å²) in [7, 11) is 0. The van der Waals surface area contributed by atoms with E-state index in [9.17, 15) is 10.5 Å². The minimum absolute atomic E-state index is 0.722. The number of fused-ring (bicyclic) bond motifs is 7. The van der Waals surface area contributed by atoms with E-state index in [-0.39, 0.29) is 0 Å². The van der Waals surface area contributed by atoms with Crippen LogP contribution in [0.15, 0.2) is 133 Å². The van der Waals surface area contributed by atoms with Crippen molar-refractivity contribution in [2.24, 2.45) is 0 Å². The fraction of sp³-hybridized carbons (Fsp3) is 0. The first-order valence-electron chi connectivity index (χ1n) is 14.9. The van der Waals surface area contributed by atoms with Crippen molar-refractivity contribution in [3.8, 4) is 34.4 Å². The molecule has 0 saturated heterocycles. The molecule has 0 spiro atoms. The molecular weight excluding hydrogens is 565 g/mol. The van der Waals surface area contributed by atoms with Gasteiger partial charge >= 0.3 is 0 Å². The zero-order valence-electron chi connectivity index (χ0n) is 24.0. The number of nitriles is 2. The van der Waals surface area contributed by atoms with E-state index in [1.54, 1.807) is 0 Å². The van der Waals surface area contributed by atoms with Gasteiger partial charge in [-0.15, -0.1) is 11.3 Å². The Morgan fingerprint density at radius 2 is 0.844 bits per heavy atom. The van der Waals surface area contributed by atoms with E-state index >= 15 is 0 Å². The van der Waals surface area contributed by atoms with Gasteiger partial charge in [0.15, 0.2) is 0 Å². The Balaban J connectivity index is 1.36. The highest BCUT2D eigenvalue weighted by atomic mass is 32.1. The van der Waals surface area contributed by atoms with Crippen LogP contribution in [-0.2, 0) is 0 Å². The summed E-state index contributed by atoms with van der Waals surface area (Å²) in [5.41, 5.74) is 6.09. The number of rotatable bonds is 2. The lowest BCUT2D eigenvalue weighted by Crippen LogP contribution is -1.90. The predicted octanol–water partition coefficient (Wildman–Crippen LogP) is 11.7. The number of nitrogens with zero attached hydrogens (tertiary/aromatic N) is 2. The molecule has 0 saturated carbocycles. The van der Waals surface area contributed by atoms with Crippen LogP contribution in [0.1, 0.15) is 11.1 Å². The summed E-state index contributed by atoms with van der Waals surface area (Å²) in [6.07, 6.45) is 0. The summed E-state index contributed by atoms with van der Waals surface area (Å²) >= 11 is 1.82. The lowest BCUT2D eigenvalue weighted by atomic mass is 9.88. The highest BCUT2D eigenvalue weighted by Gasteiger charge is 2.20. The highest BCUT2D eigenvalue weighted by molar-refractivity contribution is 7.26. The smallest absolute Gasteiger partial charge is 0.100 e. The zero-order chi connectivity index (χ0) is 30.1. The van der Waals surface area contributed by atoms with E-state index < -0.39 is 0 Å². The summed E-state index contributed by atoms with van der Waals surface area (Å²) in [6.45, 7) is 0. The van der Waals surface area contributed by atoms with Crippen LogP contribution in [0.3, 0.4) is 0 Å². The molecule has 0 aliphatic heterocycles. The molecule has 45 heavy (non-hydrogen) atoms. The molecule has 0 N–H and O–H groups in total. The van der Waals surface area contributed by atoms with Crippen molar-refractivity contribution in [3.05, 3.63) is 145 Å². The molecule has 0 bridgehead atoms. The average Bonchev–Trinajstić information content (AvgIpc) is 3.47. The minimum atomic E-state index is 0.722. The number of benzene rings is 8. The third kappa shape index (κ3) is 3.60. The first-order chi connectivity index (χ1) is 22.3. The Bertz CT molecular complexity index is 2680. The van der Waals surface area contributed by atoms with Gasteiger partial charge in [-0.05, 0) is 44.3 Å². The number of hydrogen-bond acceptors (Lipinski definition) is 3. The van der Waals surface area contributed by atoms with Crippen molar-refractivity contribution in [1.82, 2.24) is 0 Å². The molecule has 0 amide bonds. The predicted molar refractivity (Wildman–Crippen MR) is 190 cm³/mol. The van der Waals surface area contributed by atoms with Gasteiger partial charge in [0, 0.05) is 47.3 Å². The molecule has 0 aliphatic rings. The molecule has 3 heteroatoms. The Kier molecular flexibility index (Phi) is 5.53. The van der Waals surface area contributed by atoms with Crippen LogP contribution in [0.2, 0.25) is 0 Å². The lowest BCUT2D eigenvalue weighted by molar-refractivity contribution is 1.51. The van der Waals surface area contributed by atoms with Gasteiger partial charge in [-0.1, -0.05) is 127 Å². The first-order valence-corrected chi connectivity index (χ1v) is 15.7. The third-order valence-corrected chi connectivity index (χ3v) is 10.3. The molecule has 206 valence electrons. The second-order valence-electron chi connectivity index (χ2n) is 11.4. The van der Waals surface area contributed by atoms with Gasteiger partial charge in [0.2, 0.25) is 0 Å². The van der Waals surface area contributed by atoms with Crippen LogP contribution in [0, 0.1) is 22.7 Å². The third-order valence-electron chi connectivity index (χ3n) is 9.14. The van der Waals surface area contributed by atoms with Crippen LogP contribution in [0.5, 0.6) is 0 Å². The van der Waals surface area contributed by atoms with E-state index in [4.69, 9.17) is 0 Å². The zero-order valence-corrected chi connectivity index (χ0v) is 24.8. The summed E-state index contributed by atoms with van der Waals surface area (Å²) in [5.74, 6) is 0. The maximum Gasteiger partial charge on any atom is 0.100 e. The second-order valence-corrected chi connectivity index (χ2v) is 12.5. The van der Waals surface area contributed by atoms with Crippen molar-refractivity contribution >= 4 is 74.6 Å². The van der Waals surface area contributed by atoms with E-state index in [1.807, 2.05) is 35.6 Å². The molecule has 0 atom stereocenters. The lowest BCUT2D eigenvalue weighted by Gasteiger charge is -2.14. The quantitative estimate of drug-likeness (QED) is 0.189. The molecule has 0 unspecified atom stereocenters. The van der Waals surface area contributed by atoms with E-state index in [0.717, 1.165) is 65.3 Å². The molecule has 1 aromatic heterocycles. The van der Waals surface area contributed by atoms with Crippen LogP contribution in [0.4, 0.5) is 0 Å². The molecule has 9 rings (SSSR count). The molecule has 9 aromatic rings. The van der Waals surface area contributed by atoms with Crippen LogP contribution in [-0.4, -0.2) is 0 Å². The van der Waals surface area contributed by atoms with Gasteiger partial charge in [0.05, 0.1) is 11.1 Å². The van der Waals surface area contributed by atoms with Crippen molar-refractivity contribution in [1.29, 1.82) is 10.5 Å². The van der Waals surface area contributed by atoms with Crippen molar-refractivity contribution in [2.75, 3.05) is 0 Å². The van der Waals surface area contributed by atoms with Gasteiger partial charge in [-0.2, -0.15) is 10.5 Å². The van der Waals surface area contributed by atoms with Crippen molar-refractivity contribution in [2.45, 2.75) is 0 Å². The highest BCUT2D eigenvalue weighted by Crippen LogP contribution is 2.47. The fourth-order valence-corrected chi connectivity index (χ4v) is 8.51. The monoisotopic (exact) mass is 586 g/mol. The van der Waals surface area contributed by atoms with Gasteiger partial charge in [-0.3, -0.25) is 0 Å². The van der Waals surface area contributed by atoms with Crippen molar-refractivity contribution in [3.63, 3.8) is 0 Å². The Hall–Kier alpha value is -6.00. The summed E-state index contributed by atoms with van der Waals surface area (Å²) in [5, 5.41) is 31.0. The second kappa shape index (κ2) is 9.76. The normalized spacial score (nSPS) is 11.5. The number of thiophene rings is 1. The fourth-order valence-electron chi connectivity index (χ4n) is 7.25. The topological polar surface area (TPSA) is 47.6 Å². The van der Waals surface area contributed by atoms with Gasteiger partial charge in [-0.25, -0.2) is 0 Å². The van der Waals surface area contributed by atoms with E-state index in [1.165, 1.54) is 31.3 Å². The summed E-state index contributed by atoms with van der Waals surface area (Å²) < 4.78 is 2.45. The molecule has 2 nitrogen and oxygen atoms in total. The Morgan fingerprint density at radius 1 is 0.400 bits per heavy atom. The van der Waals surface area contributed by atoms with Crippen LogP contribution >= 0.6 is 11.3 Å². The minimum Gasteiger partial charge on any atom is -0.192 e. The first kappa shape index (κ1) is 25.5. The Labute approximate surface area is 263 Å². The van der Waals surface area contributed by atoms with Crippen LogP contribution in [0.25, 0.3) is 85.5 Å². The number of hydrogen-bond donors (Lipinski definition) is 0. The van der Waals surface area contributed by atoms with Gasteiger partial charge < -0.3 is 0 Å². The molecular formula is C42H22N2S. The molecule has 8 aromatic carbocycles. The molecule has 1 heterocycles. The Morgan fingerprint density at radius 3 is 1.33 bits per heavy atom.